The number of piperidine rings is 1. The summed E-state index contributed by atoms with van der Waals surface area (Å²) in [4.78, 5) is 12.8. The first-order valence-electron chi connectivity index (χ1n) is 9.58. The van der Waals surface area contributed by atoms with Crippen molar-refractivity contribution in [1.82, 2.24) is 4.31 Å². The van der Waals surface area contributed by atoms with Crippen LogP contribution in [-0.2, 0) is 10.0 Å². The van der Waals surface area contributed by atoms with Crippen LogP contribution in [0.25, 0.3) is 0 Å². The maximum atomic E-state index is 12.9. The van der Waals surface area contributed by atoms with Crippen molar-refractivity contribution < 1.29 is 17.9 Å². The molecule has 6 nitrogen and oxygen atoms in total. The van der Waals surface area contributed by atoms with Crippen molar-refractivity contribution in [2.45, 2.75) is 44.0 Å². The Morgan fingerprint density at radius 3 is 2.54 bits per heavy atom. The molecule has 3 rings (SSSR count). The molecule has 0 radical (unpaired) electrons. The standard InChI is InChI=1S/C21H26N2O4S/c1-3-27-20-10-5-4-9-19(20)21(24)22-17-11-13-18(14-12-17)28(25,26)23-15-7-6-8-16(23)2/h4-5,9-14,16H,3,6-8,15H2,1-2H3,(H,22,24). The van der Waals surface area contributed by atoms with Crippen LogP contribution in [0.4, 0.5) is 5.69 Å². The first-order valence-corrected chi connectivity index (χ1v) is 11.0. The number of anilines is 1. The lowest BCUT2D eigenvalue weighted by Crippen LogP contribution is -2.41. The molecule has 0 saturated carbocycles. The molecule has 0 aromatic heterocycles. The fourth-order valence-corrected chi connectivity index (χ4v) is 5.11. The Labute approximate surface area is 166 Å². The van der Waals surface area contributed by atoms with Crippen LogP contribution in [-0.4, -0.2) is 37.8 Å². The van der Waals surface area contributed by atoms with Crippen LogP contribution in [0, 0.1) is 0 Å². The second-order valence-corrected chi connectivity index (χ2v) is 8.76. The number of rotatable bonds is 6. The third-order valence-corrected chi connectivity index (χ3v) is 6.92. The fraction of sp³-hybridized carbons (Fsp3) is 0.381. The van der Waals surface area contributed by atoms with E-state index in [2.05, 4.69) is 5.32 Å². The van der Waals surface area contributed by atoms with Crippen LogP contribution >= 0.6 is 0 Å². The summed E-state index contributed by atoms with van der Waals surface area (Å²) < 4.78 is 32.8. The molecule has 2 aromatic rings. The van der Waals surface area contributed by atoms with Crippen molar-refractivity contribution in [3.63, 3.8) is 0 Å². The third-order valence-electron chi connectivity index (χ3n) is 4.89. The number of carbonyl (C=O) groups is 1. The van der Waals surface area contributed by atoms with E-state index in [1.54, 1.807) is 46.8 Å². The normalized spacial score (nSPS) is 17.9. The Kier molecular flexibility index (Phi) is 6.36. The number of sulfonamides is 1. The molecule has 28 heavy (non-hydrogen) atoms. The molecule has 150 valence electrons. The zero-order valence-corrected chi connectivity index (χ0v) is 17.0. The Bertz CT molecular complexity index is 926. The van der Waals surface area contributed by atoms with E-state index in [9.17, 15) is 13.2 Å². The fourth-order valence-electron chi connectivity index (χ4n) is 3.41. The number of nitrogens with zero attached hydrogens (tertiary/aromatic N) is 1. The monoisotopic (exact) mass is 402 g/mol. The molecule has 1 fully saturated rings. The highest BCUT2D eigenvalue weighted by atomic mass is 32.2. The molecule has 1 unspecified atom stereocenters. The summed E-state index contributed by atoms with van der Waals surface area (Å²) in [6.45, 7) is 4.82. The lowest BCUT2D eigenvalue weighted by molar-refractivity contribution is 0.102. The van der Waals surface area contributed by atoms with Gasteiger partial charge in [-0.25, -0.2) is 8.42 Å². The highest BCUT2D eigenvalue weighted by Crippen LogP contribution is 2.26. The first kappa shape index (κ1) is 20.4. The summed E-state index contributed by atoms with van der Waals surface area (Å²) in [7, 11) is -3.52. The summed E-state index contributed by atoms with van der Waals surface area (Å²) in [5.41, 5.74) is 0.963. The number of nitrogens with one attached hydrogen (secondary N) is 1. The van der Waals surface area contributed by atoms with Crippen LogP contribution in [0.3, 0.4) is 0 Å². The molecular formula is C21H26N2O4S. The second-order valence-electron chi connectivity index (χ2n) is 6.87. The Hall–Kier alpha value is -2.38. The molecule has 1 aliphatic heterocycles. The van der Waals surface area contributed by atoms with Gasteiger partial charge in [0.2, 0.25) is 10.0 Å². The van der Waals surface area contributed by atoms with Gasteiger partial charge < -0.3 is 10.1 Å². The van der Waals surface area contributed by atoms with Crippen molar-refractivity contribution in [3.8, 4) is 5.75 Å². The maximum Gasteiger partial charge on any atom is 0.259 e. The van der Waals surface area contributed by atoms with Gasteiger partial charge in [-0.2, -0.15) is 4.31 Å². The van der Waals surface area contributed by atoms with Crippen LogP contribution in [0.5, 0.6) is 5.75 Å². The van der Waals surface area contributed by atoms with Crippen LogP contribution in [0.2, 0.25) is 0 Å². The van der Waals surface area contributed by atoms with Gasteiger partial charge in [0.25, 0.3) is 5.91 Å². The number of ether oxygens (including phenoxy) is 1. The van der Waals surface area contributed by atoms with Crippen molar-refractivity contribution in [2.75, 3.05) is 18.5 Å². The number of hydrogen-bond donors (Lipinski definition) is 1. The van der Waals surface area contributed by atoms with Gasteiger partial charge in [0.05, 0.1) is 17.1 Å². The van der Waals surface area contributed by atoms with Crippen LogP contribution in [0.15, 0.2) is 53.4 Å². The molecule has 1 saturated heterocycles. The summed E-state index contributed by atoms with van der Waals surface area (Å²) in [5.74, 6) is 0.213. The average Bonchev–Trinajstić information content (AvgIpc) is 2.69. The van der Waals surface area contributed by atoms with E-state index in [4.69, 9.17) is 4.74 Å². The predicted octanol–water partition coefficient (Wildman–Crippen LogP) is 3.90. The number of hydrogen-bond acceptors (Lipinski definition) is 4. The quantitative estimate of drug-likeness (QED) is 0.795. The van der Waals surface area contributed by atoms with Gasteiger partial charge in [0.15, 0.2) is 0 Å². The zero-order chi connectivity index (χ0) is 20.1. The van der Waals surface area contributed by atoms with Crippen molar-refractivity contribution in [3.05, 3.63) is 54.1 Å². The molecule has 1 heterocycles. The molecule has 7 heteroatoms. The van der Waals surface area contributed by atoms with Gasteiger partial charge in [-0.15, -0.1) is 0 Å². The van der Waals surface area contributed by atoms with E-state index < -0.39 is 10.0 Å². The van der Waals surface area contributed by atoms with Gasteiger partial charge in [-0.1, -0.05) is 18.6 Å². The second kappa shape index (κ2) is 8.75. The lowest BCUT2D eigenvalue weighted by atomic mass is 10.1. The van der Waals surface area contributed by atoms with E-state index in [0.717, 1.165) is 19.3 Å². The van der Waals surface area contributed by atoms with Gasteiger partial charge in [-0.3, -0.25) is 4.79 Å². The molecule has 1 aliphatic rings. The Morgan fingerprint density at radius 2 is 1.86 bits per heavy atom. The van der Waals surface area contributed by atoms with Crippen LogP contribution < -0.4 is 10.1 Å². The molecule has 1 amide bonds. The highest BCUT2D eigenvalue weighted by molar-refractivity contribution is 7.89. The number of para-hydroxylation sites is 1. The zero-order valence-electron chi connectivity index (χ0n) is 16.2. The van der Waals surface area contributed by atoms with E-state index in [-0.39, 0.29) is 16.8 Å². The summed E-state index contributed by atoms with van der Waals surface area (Å²) in [6.07, 6.45) is 2.82. The number of amides is 1. The van der Waals surface area contributed by atoms with E-state index >= 15 is 0 Å². The topological polar surface area (TPSA) is 75.7 Å². The summed E-state index contributed by atoms with van der Waals surface area (Å²) >= 11 is 0. The molecule has 0 aliphatic carbocycles. The van der Waals surface area contributed by atoms with E-state index in [0.29, 0.717) is 30.2 Å². The van der Waals surface area contributed by atoms with Gasteiger partial charge >= 0.3 is 0 Å². The predicted molar refractivity (Wildman–Crippen MR) is 109 cm³/mol. The Balaban J connectivity index is 1.75. The van der Waals surface area contributed by atoms with Crippen molar-refractivity contribution >= 4 is 21.6 Å². The van der Waals surface area contributed by atoms with E-state index in [1.807, 2.05) is 19.9 Å². The van der Waals surface area contributed by atoms with Crippen LogP contribution in [0.1, 0.15) is 43.5 Å². The molecule has 2 aromatic carbocycles. The Morgan fingerprint density at radius 1 is 1.14 bits per heavy atom. The molecular weight excluding hydrogens is 376 g/mol. The van der Waals surface area contributed by atoms with Gasteiger partial charge in [0.1, 0.15) is 5.75 Å². The van der Waals surface area contributed by atoms with Crippen molar-refractivity contribution in [1.29, 1.82) is 0 Å². The van der Waals surface area contributed by atoms with Crippen molar-refractivity contribution in [2.24, 2.45) is 0 Å². The largest absolute Gasteiger partial charge is 0.493 e. The molecule has 1 atom stereocenters. The minimum Gasteiger partial charge on any atom is -0.493 e. The SMILES string of the molecule is CCOc1ccccc1C(=O)Nc1ccc(S(=O)(=O)N2CCCCC2C)cc1. The lowest BCUT2D eigenvalue weighted by Gasteiger charge is -2.32. The van der Waals surface area contributed by atoms with Gasteiger partial charge in [0, 0.05) is 18.3 Å². The highest BCUT2D eigenvalue weighted by Gasteiger charge is 2.30. The first-order chi connectivity index (χ1) is 13.4. The minimum absolute atomic E-state index is 0.00759. The third kappa shape index (κ3) is 4.36. The number of carbonyl (C=O) groups excluding carboxylic acids is 1. The summed E-state index contributed by atoms with van der Waals surface area (Å²) in [6, 6.07) is 13.3. The summed E-state index contributed by atoms with van der Waals surface area (Å²) in [5, 5.41) is 2.80. The minimum atomic E-state index is -3.52. The molecule has 0 spiro atoms. The molecule has 1 N–H and O–H groups in total. The molecule has 0 bridgehead atoms. The average molecular weight is 403 g/mol. The van der Waals surface area contributed by atoms with Gasteiger partial charge in [-0.05, 0) is 63.1 Å². The smallest absolute Gasteiger partial charge is 0.259 e. The van der Waals surface area contributed by atoms with E-state index in [1.165, 1.54) is 0 Å². The number of benzene rings is 2. The maximum absolute atomic E-state index is 12.9.